The van der Waals surface area contributed by atoms with Crippen molar-refractivity contribution in [3.05, 3.63) is 116 Å². The number of halogens is 1. The third-order valence-electron chi connectivity index (χ3n) is 10.3. The largest absolute Gasteiger partial charge is 0.328 e. The maximum absolute atomic E-state index is 13.4. The fraction of sp³-hybridized carbons (Fsp3) is 0.450. The summed E-state index contributed by atoms with van der Waals surface area (Å²) >= 11 is 0. The number of hydrogen-bond acceptors (Lipinski definition) is 8. The van der Waals surface area contributed by atoms with E-state index in [-0.39, 0.29) is 16.9 Å². The maximum atomic E-state index is 13.4. The van der Waals surface area contributed by atoms with Crippen LogP contribution in [0.4, 0.5) is 4.39 Å². The van der Waals surface area contributed by atoms with Crippen molar-refractivity contribution in [2.75, 3.05) is 39.3 Å². The zero-order chi connectivity index (χ0) is 35.9. The minimum absolute atomic E-state index is 0.0287. The second-order valence-electron chi connectivity index (χ2n) is 14.2. The number of nitrogens with two attached hydrogens (primary N) is 1. The van der Waals surface area contributed by atoms with Gasteiger partial charge in [0.1, 0.15) is 5.82 Å². The standard InChI is InChI=1S/C24H29FN4O.C16H22N4O/c1-17-13-23-22(27-15-17)5-6-24(30)29(23)12-11-28-9-7-20(8-10-28)26-16-19-3-4-21(25)18(2)14-19;1-12-10-15-14(18-11-12)2-3-16(21)20(15)9-8-19-6-4-13(17)5-7-19/h3-6,13-15,20,26H,7-12,16H2,1-2H3;2-3,10-11,13H,4-9,17H2,1H3. The van der Waals surface area contributed by atoms with Gasteiger partial charge >= 0.3 is 0 Å². The Morgan fingerprint density at radius 1 is 0.706 bits per heavy atom. The summed E-state index contributed by atoms with van der Waals surface area (Å²) in [7, 11) is 0. The molecule has 0 bridgehead atoms. The molecule has 0 radical (unpaired) electrons. The van der Waals surface area contributed by atoms with Crippen molar-refractivity contribution in [1.82, 2.24) is 34.2 Å². The highest BCUT2D eigenvalue weighted by atomic mass is 19.1. The van der Waals surface area contributed by atoms with Gasteiger partial charge in [0.25, 0.3) is 11.1 Å². The van der Waals surface area contributed by atoms with Crippen LogP contribution < -0.4 is 22.2 Å². The molecule has 0 amide bonds. The van der Waals surface area contributed by atoms with Crippen LogP contribution in [0.5, 0.6) is 0 Å². The van der Waals surface area contributed by atoms with Gasteiger partial charge in [-0.25, -0.2) is 4.39 Å². The lowest BCUT2D eigenvalue weighted by molar-refractivity contribution is 0.191. The van der Waals surface area contributed by atoms with Gasteiger partial charge in [0.2, 0.25) is 0 Å². The highest BCUT2D eigenvalue weighted by Gasteiger charge is 2.19. The molecule has 0 atom stereocenters. The smallest absolute Gasteiger partial charge is 0.251 e. The molecule has 4 aromatic heterocycles. The Bertz CT molecular complexity index is 2060. The number of nitrogens with one attached hydrogen (secondary N) is 1. The number of rotatable bonds is 9. The van der Waals surface area contributed by atoms with Crippen LogP contribution in [0.3, 0.4) is 0 Å². The van der Waals surface area contributed by atoms with Gasteiger partial charge in [0.05, 0.1) is 22.1 Å². The lowest BCUT2D eigenvalue weighted by Gasteiger charge is -2.32. The van der Waals surface area contributed by atoms with E-state index in [0.29, 0.717) is 30.7 Å². The molecule has 51 heavy (non-hydrogen) atoms. The molecule has 6 heterocycles. The van der Waals surface area contributed by atoms with Gasteiger partial charge in [0.15, 0.2) is 0 Å². The summed E-state index contributed by atoms with van der Waals surface area (Å²) < 4.78 is 17.1. The van der Waals surface area contributed by atoms with Crippen molar-refractivity contribution < 1.29 is 4.39 Å². The summed E-state index contributed by atoms with van der Waals surface area (Å²) in [4.78, 5) is 38.2. The predicted molar refractivity (Wildman–Crippen MR) is 203 cm³/mol. The third kappa shape index (κ3) is 9.53. The average molecular weight is 695 g/mol. The number of benzene rings is 1. The molecule has 2 aliphatic rings. The first-order chi connectivity index (χ1) is 24.6. The number of piperidine rings is 2. The summed E-state index contributed by atoms with van der Waals surface area (Å²) in [5, 5.41) is 3.61. The highest BCUT2D eigenvalue weighted by Crippen LogP contribution is 2.16. The number of likely N-dealkylation sites (tertiary alicyclic amines) is 2. The molecule has 7 rings (SSSR count). The van der Waals surface area contributed by atoms with Crippen LogP contribution in [-0.4, -0.2) is 80.3 Å². The Balaban J connectivity index is 0.000000187. The van der Waals surface area contributed by atoms with E-state index in [9.17, 15) is 14.0 Å². The molecule has 270 valence electrons. The molecule has 10 nitrogen and oxygen atoms in total. The van der Waals surface area contributed by atoms with Gasteiger partial charge in [-0.2, -0.15) is 0 Å². The van der Waals surface area contributed by atoms with Crippen LogP contribution in [0.2, 0.25) is 0 Å². The van der Waals surface area contributed by atoms with E-state index < -0.39 is 0 Å². The van der Waals surface area contributed by atoms with Crippen molar-refractivity contribution in [3.8, 4) is 0 Å². The van der Waals surface area contributed by atoms with Crippen molar-refractivity contribution in [1.29, 1.82) is 0 Å². The summed E-state index contributed by atoms with van der Waals surface area (Å²) in [5.74, 6) is -0.150. The van der Waals surface area contributed by atoms with Gasteiger partial charge in [-0.15, -0.1) is 0 Å². The second kappa shape index (κ2) is 16.8. The first kappa shape index (κ1) is 36.5. The molecular weight excluding hydrogens is 643 g/mol. The van der Waals surface area contributed by atoms with Gasteiger partial charge in [-0.3, -0.25) is 19.6 Å². The minimum atomic E-state index is -0.150. The third-order valence-corrected chi connectivity index (χ3v) is 10.3. The fourth-order valence-electron chi connectivity index (χ4n) is 7.10. The normalized spacial score (nSPS) is 16.4. The van der Waals surface area contributed by atoms with Crippen molar-refractivity contribution >= 4 is 22.1 Å². The summed E-state index contributed by atoms with van der Waals surface area (Å²) in [5.41, 5.74) is 13.5. The quantitative estimate of drug-likeness (QED) is 0.232. The molecule has 0 unspecified atom stereocenters. The first-order valence-electron chi connectivity index (χ1n) is 18.2. The molecule has 0 aliphatic carbocycles. The second-order valence-corrected chi connectivity index (χ2v) is 14.2. The van der Waals surface area contributed by atoms with Crippen LogP contribution in [0, 0.1) is 26.6 Å². The molecule has 0 spiro atoms. The summed E-state index contributed by atoms with van der Waals surface area (Å²) in [6.07, 6.45) is 7.91. The lowest BCUT2D eigenvalue weighted by atomic mass is 10.0. The van der Waals surface area contributed by atoms with Crippen LogP contribution in [0.25, 0.3) is 22.1 Å². The molecule has 11 heteroatoms. The maximum Gasteiger partial charge on any atom is 0.251 e. The Labute approximate surface area is 299 Å². The van der Waals surface area contributed by atoms with Crippen molar-refractivity contribution in [2.24, 2.45) is 5.73 Å². The molecule has 0 saturated carbocycles. The topological polar surface area (TPSA) is 114 Å². The van der Waals surface area contributed by atoms with Gasteiger partial charge in [0, 0.05) is 69.3 Å². The van der Waals surface area contributed by atoms with Crippen LogP contribution in [-0.2, 0) is 19.6 Å². The van der Waals surface area contributed by atoms with Crippen molar-refractivity contribution in [2.45, 2.75) is 78.2 Å². The van der Waals surface area contributed by atoms with Crippen molar-refractivity contribution in [3.63, 3.8) is 0 Å². The Morgan fingerprint density at radius 2 is 1.22 bits per heavy atom. The van der Waals surface area contributed by atoms with Gasteiger partial charge in [-0.05, 0) is 125 Å². The minimum Gasteiger partial charge on any atom is -0.328 e. The number of hydrogen-bond donors (Lipinski definition) is 2. The first-order valence-corrected chi connectivity index (χ1v) is 18.2. The van der Waals surface area contributed by atoms with Crippen LogP contribution in [0.1, 0.15) is 47.9 Å². The van der Waals surface area contributed by atoms with Crippen LogP contribution >= 0.6 is 0 Å². The molecule has 2 aliphatic heterocycles. The van der Waals surface area contributed by atoms with E-state index in [1.165, 1.54) is 0 Å². The highest BCUT2D eigenvalue weighted by molar-refractivity contribution is 5.75. The summed E-state index contributed by atoms with van der Waals surface area (Å²) in [6, 6.07) is 17.0. The van der Waals surface area contributed by atoms with E-state index in [4.69, 9.17) is 5.73 Å². The number of aryl methyl sites for hydroxylation is 3. The molecule has 1 aromatic carbocycles. The van der Waals surface area contributed by atoms with E-state index in [2.05, 4.69) is 25.1 Å². The van der Waals surface area contributed by atoms with Gasteiger partial charge in [-0.1, -0.05) is 12.1 Å². The molecular formula is C40H51FN8O2. The molecule has 2 fully saturated rings. The SMILES string of the molecule is Cc1cnc2ccc(=O)n(CCN3CCC(N)CC3)c2c1.Cc1cnc2ccc(=O)n(CCN3CCC(NCc4ccc(F)c(C)c4)CC3)c2c1. The predicted octanol–water partition coefficient (Wildman–Crippen LogP) is 4.53. The Kier molecular flexibility index (Phi) is 12.0. The zero-order valence-electron chi connectivity index (χ0n) is 30.2. The van der Waals surface area contributed by atoms with E-state index in [0.717, 1.165) is 110 Å². The number of nitrogens with zero attached hydrogens (tertiary/aromatic N) is 6. The Hall–Kier alpha value is -4.29. The molecule has 5 aromatic rings. The fourth-order valence-corrected chi connectivity index (χ4v) is 7.10. The average Bonchev–Trinajstić information content (AvgIpc) is 3.13. The van der Waals surface area contributed by atoms with E-state index >= 15 is 0 Å². The molecule has 3 N–H and O–H groups in total. The Morgan fingerprint density at radius 3 is 1.73 bits per heavy atom. The number of fused-ring (bicyclic) bond motifs is 2. The van der Waals surface area contributed by atoms with Gasteiger partial charge < -0.3 is 30.0 Å². The van der Waals surface area contributed by atoms with E-state index in [1.807, 2.05) is 59.6 Å². The van der Waals surface area contributed by atoms with Crippen LogP contribution in [0.15, 0.2) is 76.6 Å². The monoisotopic (exact) mass is 694 g/mol. The van der Waals surface area contributed by atoms with E-state index in [1.54, 1.807) is 37.3 Å². The lowest BCUT2D eigenvalue weighted by Crippen LogP contribution is -2.43. The zero-order valence-corrected chi connectivity index (χ0v) is 30.2. The summed E-state index contributed by atoms with van der Waals surface area (Å²) in [6.45, 7) is 13.8. The molecule has 2 saturated heterocycles. The number of aromatic nitrogens is 4. The number of pyridine rings is 4.